The van der Waals surface area contributed by atoms with Gasteiger partial charge in [-0.2, -0.15) is 0 Å². The first kappa shape index (κ1) is 15.3. The van der Waals surface area contributed by atoms with Gasteiger partial charge in [0.15, 0.2) is 5.82 Å². The van der Waals surface area contributed by atoms with Crippen LogP contribution in [0.25, 0.3) is 0 Å². The summed E-state index contributed by atoms with van der Waals surface area (Å²) in [7, 11) is 0. The smallest absolute Gasteiger partial charge is 0.243 e. The summed E-state index contributed by atoms with van der Waals surface area (Å²) in [6.07, 6.45) is 0.826. The van der Waals surface area contributed by atoms with Crippen LogP contribution in [0.15, 0.2) is 42.5 Å². The Morgan fingerprint density at radius 2 is 1.86 bits per heavy atom. The first-order valence-electron chi connectivity index (χ1n) is 6.67. The fourth-order valence-electron chi connectivity index (χ4n) is 1.96. The van der Waals surface area contributed by atoms with Crippen molar-refractivity contribution >= 4 is 28.9 Å². The number of hydrogen-bond donors (Lipinski definition) is 2. The van der Waals surface area contributed by atoms with Crippen molar-refractivity contribution in [2.75, 3.05) is 17.2 Å². The fourth-order valence-corrected chi connectivity index (χ4v) is 2.14. The Hall–Kier alpha value is -2.07. The van der Waals surface area contributed by atoms with Gasteiger partial charge in [0.2, 0.25) is 5.91 Å². The third-order valence-corrected chi connectivity index (χ3v) is 3.36. The molecule has 0 aliphatic heterocycles. The van der Waals surface area contributed by atoms with Crippen molar-refractivity contribution in [3.05, 3.63) is 58.9 Å². The second-order valence-corrected chi connectivity index (χ2v) is 4.92. The lowest BCUT2D eigenvalue weighted by atomic mass is 10.1. The van der Waals surface area contributed by atoms with Crippen LogP contribution in [0.1, 0.15) is 12.5 Å². The molecule has 0 radical (unpaired) electrons. The third-order valence-electron chi connectivity index (χ3n) is 3.06. The Balaban J connectivity index is 1.98. The number of rotatable bonds is 5. The maximum atomic E-state index is 13.7. The summed E-state index contributed by atoms with van der Waals surface area (Å²) in [5.41, 5.74) is 2.04. The van der Waals surface area contributed by atoms with Crippen LogP contribution in [-0.2, 0) is 11.2 Å². The van der Waals surface area contributed by atoms with E-state index in [9.17, 15) is 9.18 Å². The van der Waals surface area contributed by atoms with E-state index < -0.39 is 5.82 Å². The van der Waals surface area contributed by atoms with Crippen LogP contribution in [0.3, 0.4) is 0 Å². The molecule has 0 spiro atoms. The summed E-state index contributed by atoms with van der Waals surface area (Å²) in [6.45, 7) is 1.99. The molecule has 2 aromatic rings. The summed E-state index contributed by atoms with van der Waals surface area (Å²) in [5.74, 6) is -0.795. The number of halogens is 2. The second kappa shape index (κ2) is 7.09. The fraction of sp³-hybridized carbons (Fsp3) is 0.188. The topological polar surface area (TPSA) is 41.1 Å². The Bertz CT molecular complexity index is 646. The van der Waals surface area contributed by atoms with Gasteiger partial charge in [-0.25, -0.2) is 4.39 Å². The van der Waals surface area contributed by atoms with Gasteiger partial charge in [0.05, 0.1) is 17.3 Å². The van der Waals surface area contributed by atoms with Gasteiger partial charge in [-0.05, 0) is 30.2 Å². The maximum absolute atomic E-state index is 13.7. The lowest BCUT2D eigenvalue weighted by Gasteiger charge is -2.11. The average molecular weight is 307 g/mol. The van der Waals surface area contributed by atoms with Crippen LogP contribution in [0.4, 0.5) is 15.8 Å². The van der Waals surface area contributed by atoms with Crippen molar-refractivity contribution in [2.45, 2.75) is 13.3 Å². The molecule has 0 aliphatic carbocycles. The van der Waals surface area contributed by atoms with Crippen LogP contribution in [0.5, 0.6) is 0 Å². The first-order valence-corrected chi connectivity index (χ1v) is 7.05. The highest BCUT2D eigenvalue weighted by Crippen LogP contribution is 2.21. The van der Waals surface area contributed by atoms with Crippen molar-refractivity contribution < 1.29 is 9.18 Å². The molecule has 2 rings (SSSR count). The van der Waals surface area contributed by atoms with E-state index in [0.29, 0.717) is 0 Å². The van der Waals surface area contributed by atoms with Crippen molar-refractivity contribution in [1.29, 1.82) is 0 Å². The highest BCUT2D eigenvalue weighted by Gasteiger charge is 2.09. The zero-order valence-electron chi connectivity index (χ0n) is 11.6. The Labute approximate surface area is 128 Å². The highest BCUT2D eigenvalue weighted by atomic mass is 35.5. The van der Waals surface area contributed by atoms with E-state index in [4.69, 9.17) is 11.6 Å². The quantitative estimate of drug-likeness (QED) is 0.873. The summed E-state index contributed by atoms with van der Waals surface area (Å²) < 4.78 is 13.7. The molecule has 0 atom stereocenters. The standard InChI is InChI=1S/C16H16ClFN2O/c1-2-11-6-3-4-8-13(11)20-15(21)10-19-14-9-5-7-12(17)16(14)18/h3-9,19H,2,10H2,1H3,(H,20,21). The van der Waals surface area contributed by atoms with E-state index in [-0.39, 0.29) is 23.2 Å². The van der Waals surface area contributed by atoms with Gasteiger partial charge in [-0.15, -0.1) is 0 Å². The van der Waals surface area contributed by atoms with E-state index in [1.165, 1.54) is 12.1 Å². The minimum atomic E-state index is -0.555. The van der Waals surface area contributed by atoms with E-state index in [1.807, 2.05) is 31.2 Å². The first-order chi connectivity index (χ1) is 10.1. The summed E-state index contributed by atoms with van der Waals surface area (Å²) in [6, 6.07) is 12.2. The Morgan fingerprint density at radius 1 is 1.14 bits per heavy atom. The summed E-state index contributed by atoms with van der Waals surface area (Å²) in [4.78, 5) is 11.9. The molecule has 0 aliphatic rings. The van der Waals surface area contributed by atoms with Gasteiger partial charge in [0.25, 0.3) is 0 Å². The molecule has 0 unspecified atom stereocenters. The zero-order valence-corrected chi connectivity index (χ0v) is 12.4. The zero-order chi connectivity index (χ0) is 15.2. The average Bonchev–Trinajstić information content (AvgIpc) is 2.49. The molecule has 0 heterocycles. The third kappa shape index (κ3) is 3.95. The van der Waals surface area contributed by atoms with Crippen LogP contribution in [0.2, 0.25) is 5.02 Å². The highest BCUT2D eigenvalue weighted by molar-refractivity contribution is 6.31. The minimum Gasteiger partial charge on any atom is -0.374 e. The molecule has 2 aromatic carbocycles. The van der Waals surface area contributed by atoms with Gasteiger partial charge >= 0.3 is 0 Å². The molecule has 0 fully saturated rings. The number of aryl methyl sites for hydroxylation is 1. The SMILES string of the molecule is CCc1ccccc1NC(=O)CNc1cccc(Cl)c1F. The van der Waals surface area contributed by atoms with Crippen LogP contribution >= 0.6 is 11.6 Å². The van der Waals surface area contributed by atoms with Crippen LogP contribution in [0, 0.1) is 5.82 Å². The molecule has 21 heavy (non-hydrogen) atoms. The Morgan fingerprint density at radius 3 is 2.62 bits per heavy atom. The molecule has 0 bridgehead atoms. The number of anilines is 2. The molecule has 1 amide bonds. The van der Waals surface area contributed by atoms with Gasteiger partial charge in [0, 0.05) is 5.69 Å². The van der Waals surface area contributed by atoms with Gasteiger partial charge < -0.3 is 10.6 Å². The van der Waals surface area contributed by atoms with Crippen molar-refractivity contribution in [3.63, 3.8) is 0 Å². The van der Waals surface area contributed by atoms with Gasteiger partial charge in [-0.1, -0.05) is 42.8 Å². The van der Waals surface area contributed by atoms with Crippen molar-refractivity contribution in [3.8, 4) is 0 Å². The van der Waals surface area contributed by atoms with Gasteiger partial charge in [0.1, 0.15) is 0 Å². The molecule has 0 saturated heterocycles. The second-order valence-electron chi connectivity index (χ2n) is 4.51. The Kier molecular flexibility index (Phi) is 5.17. The molecule has 5 heteroatoms. The van der Waals surface area contributed by atoms with E-state index in [0.717, 1.165) is 17.7 Å². The number of para-hydroxylation sites is 1. The lowest BCUT2D eigenvalue weighted by Crippen LogP contribution is -2.22. The van der Waals surface area contributed by atoms with Crippen LogP contribution in [-0.4, -0.2) is 12.5 Å². The minimum absolute atomic E-state index is 0.0248. The summed E-state index contributed by atoms with van der Waals surface area (Å²) >= 11 is 5.68. The molecular weight excluding hydrogens is 291 g/mol. The monoisotopic (exact) mass is 306 g/mol. The largest absolute Gasteiger partial charge is 0.374 e. The molecule has 110 valence electrons. The predicted molar refractivity (Wildman–Crippen MR) is 84.3 cm³/mol. The number of amides is 1. The predicted octanol–water partition coefficient (Wildman–Crippen LogP) is 4.09. The van der Waals surface area contributed by atoms with Crippen LogP contribution < -0.4 is 10.6 Å². The normalized spacial score (nSPS) is 10.2. The lowest BCUT2D eigenvalue weighted by molar-refractivity contribution is -0.114. The molecular formula is C16H16ClFN2O. The van der Waals surface area contributed by atoms with E-state index in [1.54, 1.807) is 6.07 Å². The number of carbonyl (C=O) groups excluding carboxylic acids is 1. The van der Waals surface area contributed by atoms with Crippen molar-refractivity contribution in [2.24, 2.45) is 0 Å². The molecule has 3 nitrogen and oxygen atoms in total. The van der Waals surface area contributed by atoms with Crippen molar-refractivity contribution in [1.82, 2.24) is 0 Å². The molecule has 0 aromatic heterocycles. The maximum Gasteiger partial charge on any atom is 0.243 e. The van der Waals surface area contributed by atoms with E-state index >= 15 is 0 Å². The molecule has 0 saturated carbocycles. The number of nitrogens with one attached hydrogen (secondary N) is 2. The van der Waals surface area contributed by atoms with Gasteiger partial charge in [-0.3, -0.25) is 4.79 Å². The number of carbonyl (C=O) groups is 1. The number of hydrogen-bond acceptors (Lipinski definition) is 2. The number of benzene rings is 2. The summed E-state index contributed by atoms with van der Waals surface area (Å²) in [5, 5.41) is 5.57. The molecule has 2 N–H and O–H groups in total. The van der Waals surface area contributed by atoms with E-state index in [2.05, 4.69) is 10.6 Å².